The molecule has 2 aromatic heterocycles. The Morgan fingerprint density at radius 3 is 2.71 bits per heavy atom. The third-order valence-electron chi connectivity index (χ3n) is 4.18. The molecule has 0 spiro atoms. The van der Waals surface area contributed by atoms with Crippen LogP contribution in [0, 0.1) is 0 Å². The molecule has 3 heterocycles. The third kappa shape index (κ3) is 2.93. The molecule has 1 aromatic carbocycles. The molecule has 0 aliphatic carbocycles. The van der Waals surface area contributed by atoms with Crippen molar-refractivity contribution >= 4 is 5.91 Å². The molecule has 0 atom stereocenters. The highest BCUT2D eigenvalue weighted by molar-refractivity contribution is 5.94. The molecular formula is C19H17N3O2. The smallest absolute Gasteiger partial charge is 0.254 e. The van der Waals surface area contributed by atoms with Crippen molar-refractivity contribution in [2.45, 2.75) is 19.4 Å². The molecule has 120 valence electrons. The Labute approximate surface area is 140 Å². The molecule has 1 aliphatic heterocycles. The fraction of sp³-hybridized carbons (Fsp3) is 0.211. The Morgan fingerprint density at radius 2 is 1.92 bits per heavy atom. The van der Waals surface area contributed by atoms with Crippen LogP contribution in [0.1, 0.15) is 33.3 Å². The fourth-order valence-electron chi connectivity index (χ4n) is 2.95. The van der Waals surface area contributed by atoms with Crippen LogP contribution in [0.2, 0.25) is 0 Å². The SMILES string of the molecule is O=C(c1ccncc1)N1CCc2oc(Cc3ccccc3)nc2C1. The van der Waals surface area contributed by atoms with Gasteiger partial charge in [-0.2, -0.15) is 0 Å². The number of rotatable bonds is 3. The van der Waals surface area contributed by atoms with Crippen LogP contribution in [-0.4, -0.2) is 27.3 Å². The van der Waals surface area contributed by atoms with E-state index in [9.17, 15) is 4.79 Å². The number of amides is 1. The number of nitrogens with zero attached hydrogens (tertiary/aromatic N) is 3. The fourth-order valence-corrected chi connectivity index (χ4v) is 2.95. The quantitative estimate of drug-likeness (QED) is 0.745. The van der Waals surface area contributed by atoms with Crippen molar-refractivity contribution in [2.75, 3.05) is 6.54 Å². The Bertz CT molecular complexity index is 844. The highest BCUT2D eigenvalue weighted by atomic mass is 16.4. The van der Waals surface area contributed by atoms with Gasteiger partial charge in [-0.1, -0.05) is 30.3 Å². The molecule has 1 aliphatic rings. The number of pyridine rings is 1. The standard InChI is InChI=1S/C19H17N3O2/c23-19(15-6-9-20-10-7-15)22-11-8-17-16(13-22)21-18(24-17)12-14-4-2-1-3-5-14/h1-7,9-10H,8,11-13H2. The number of aromatic nitrogens is 2. The van der Waals surface area contributed by atoms with Crippen molar-refractivity contribution in [1.82, 2.24) is 14.9 Å². The van der Waals surface area contributed by atoms with Crippen LogP contribution >= 0.6 is 0 Å². The molecule has 0 fully saturated rings. The van der Waals surface area contributed by atoms with Gasteiger partial charge in [-0.25, -0.2) is 4.98 Å². The van der Waals surface area contributed by atoms with Gasteiger partial charge >= 0.3 is 0 Å². The summed E-state index contributed by atoms with van der Waals surface area (Å²) >= 11 is 0. The second-order valence-electron chi connectivity index (χ2n) is 5.85. The van der Waals surface area contributed by atoms with E-state index in [1.54, 1.807) is 24.5 Å². The first-order valence-corrected chi connectivity index (χ1v) is 8.00. The van der Waals surface area contributed by atoms with E-state index in [4.69, 9.17) is 4.42 Å². The zero-order chi connectivity index (χ0) is 16.4. The maximum absolute atomic E-state index is 12.5. The Balaban J connectivity index is 1.50. The number of hydrogen-bond acceptors (Lipinski definition) is 4. The molecule has 3 aromatic rings. The number of hydrogen-bond donors (Lipinski definition) is 0. The van der Waals surface area contributed by atoms with E-state index < -0.39 is 0 Å². The van der Waals surface area contributed by atoms with Crippen molar-refractivity contribution in [3.8, 4) is 0 Å². The number of carbonyl (C=O) groups excluding carboxylic acids is 1. The highest BCUT2D eigenvalue weighted by Gasteiger charge is 2.26. The lowest BCUT2D eigenvalue weighted by molar-refractivity contribution is 0.0728. The molecule has 0 saturated carbocycles. The second kappa shape index (κ2) is 6.28. The minimum atomic E-state index is 0.00987. The molecule has 0 bridgehead atoms. The molecule has 1 amide bonds. The lowest BCUT2D eigenvalue weighted by atomic mass is 10.1. The first-order valence-electron chi connectivity index (χ1n) is 8.00. The lowest BCUT2D eigenvalue weighted by Gasteiger charge is -2.25. The number of benzene rings is 1. The van der Waals surface area contributed by atoms with Gasteiger partial charge in [0, 0.05) is 37.3 Å². The highest BCUT2D eigenvalue weighted by Crippen LogP contribution is 2.22. The van der Waals surface area contributed by atoms with Gasteiger partial charge < -0.3 is 9.32 Å². The van der Waals surface area contributed by atoms with Gasteiger partial charge in [0.2, 0.25) is 0 Å². The third-order valence-corrected chi connectivity index (χ3v) is 4.18. The van der Waals surface area contributed by atoms with E-state index in [-0.39, 0.29) is 5.91 Å². The predicted molar refractivity (Wildman–Crippen MR) is 88.4 cm³/mol. The Kier molecular flexibility index (Phi) is 3.83. The van der Waals surface area contributed by atoms with Gasteiger partial charge in [-0.05, 0) is 17.7 Å². The maximum Gasteiger partial charge on any atom is 0.254 e. The normalized spacial score (nSPS) is 13.6. The average Bonchev–Trinajstić information content (AvgIpc) is 3.04. The number of oxazole rings is 1. The number of carbonyl (C=O) groups is 1. The average molecular weight is 319 g/mol. The van der Waals surface area contributed by atoms with E-state index in [0.717, 1.165) is 11.5 Å². The summed E-state index contributed by atoms with van der Waals surface area (Å²) in [6, 6.07) is 13.6. The van der Waals surface area contributed by atoms with Gasteiger partial charge in [-0.3, -0.25) is 9.78 Å². The lowest BCUT2D eigenvalue weighted by Crippen LogP contribution is -2.35. The van der Waals surface area contributed by atoms with Gasteiger partial charge in [-0.15, -0.1) is 0 Å². The van der Waals surface area contributed by atoms with Gasteiger partial charge in [0.25, 0.3) is 5.91 Å². The summed E-state index contributed by atoms with van der Waals surface area (Å²) in [5.41, 5.74) is 2.69. The predicted octanol–water partition coefficient (Wildman–Crippen LogP) is 2.86. The Morgan fingerprint density at radius 1 is 1.12 bits per heavy atom. The van der Waals surface area contributed by atoms with Crippen molar-refractivity contribution < 1.29 is 9.21 Å². The van der Waals surface area contributed by atoms with Crippen LogP contribution in [0.5, 0.6) is 0 Å². The second-order valence-corrected chi connectivity index (χ2v) is 5.85. The van der Waals surface area contributed by atoms with Crippen LogP contribution in [0.3, 0.4) is 0 Å². The summed E-state index contributed by atoms with van der Waals surface area (Å²) in [6.07, 6.45) is 4.65. The molecule has 4 rings (SSSR count). The summed E-state index contributed by atoms with van der Waals surface area (Å²) in [5.74, 6) is 1.62. The van der Waals surface area contributed by atoms with Crippen LogP contribution in [0.4, 0.5) is 0 Å². The Hall–Kier alpha value is -2.95. The molecule has 24 heavy (non-hydrogen) atoms. The molecule has 0 unspecified atom stereocenters. The van der Waals surface area contributed by atoms with Crippen molar-refractivity contribution in [3.63, 3.8) is 0 Å². The first kappa shape index (κ1) is 14.6. The minimum absolute atomic E-state index is 0.00987. The largest absolute Gasteiger partial charge is 0.445 e. The van der Waals surface area contributed by atoms with Crippen molar-refractivity contribution in [2.24, 2.45) is 0 Å². The van der Waals surface area contributed by atoms with E-state index >= 15 is 0 Å². The molecule has 0 radical (unpaired) electrons. The topological polar surface area (TPSA) is 59.2 Å². The summed E-state index contributed by atoms with van der Waals surface area (Å²) in [6.45, 7) is 1.14. The van der Waals surface area contributed by atoms with E-state index in [2.05, 4.69) is 22.1 Å². The van der Waals surface area contributed by atoms with Crippen molar-refractivity contribution in [3.05, 3.63) is 83.3 Å². The van der Waals surface area contributed by atoms with Crippen LogP contribution < -0.4 is 0 Å². The summed E-state index contributed by atoms with van der Waals surface area (Å²) < 4.78 is 5.88. The molecule has 5 nitrogen and oxygen atoms in total. The van der Waals surface area contributed by atoms with Crippen LogP contribution in [-0.2, 0) is 19.4 Å². The summed E-state index contributed by atoms with van der Waals surface area (Å²) in [5, 5.41) is 0. The van der Waals surface area contributed by atoms with Gasteiger partial charge in [0.15, 0.2) is 5.89 Å². The van der Waals surface area contributed by atoms with Gasteiger partial charge in [0.05, 0.1) is 6.54 Å². The van der Waals surface area contributed by atoms with Gasteiger partial charge in [0.1, 0.15) is 11.5 Å². The summed E-state index contributed by atoms with van der Waals surface area (Å²) in [7, 11) is 0. The van der Waals surface area contributed by atoms with Crippen molar-refractivity contribution in [1.29, 1.82) is 0 Å². The van der Waals surface area contributed by atoms with Crippen LogP contribution in [0.15, 0.2) is 59.3 Å². The number of fused-ring (bicyclic) bond motifs is 1. The monoisotopic (exact) mass is 319 g/mol. The van der Waals surface area contributed by atoms with E-state index in [0.29, 0.717) is 37.4 Å². The zero-order valence-corrected chi connectivity index (χ0v) is 13.2. The minimum Gasteiger partial charge on any atom is -0.445 e. The summed E-state index contributed by atoms with van der Waals surface area (Å²) in [4.78, 5) is 22.9. The molecule has 0 N–H and O–H groups in total. The first-order chi connectivity index (χ1) is 11.8. The van der Waals surface area contributed by atoms with Crippen LogP contribution in [0.25, 0.3) is 0 Å². The van der Waals surface area contributed by atoms with E-state index in [1.807, 2.05) is 23.1 Å². The van der Waals surface area contributed by atoms with E-state index in [1.165, 1.54) is 5.56 Å². The zero-order valence-electron chi connectivity index (χ0n) is 13.2. The maximum atomic E-state index is 12.5. The molecular weight excluding hydrogens is 302 g/mol. The molecule has 5 heteroatoms. The molecule has 0 saturated heterocycles.